The number of aryl methyl sites for hydroxylation is 1. The van der Waals surface area contributed by atoms with Crippen LogP contribution >= 0.6 is 12.2 Å². The number of hydrogen-bond donors (Lipinski definition) is 2. The largest absolute Gasteiger partial charge is 0.508 e. The molecule has 3 heterocycles. The molecule has 2 N–H and O–H groups in total. The fraction of sp³-hybridized carbons (Fsp3) is 0.214. The first-order valence-electron chi connectivity index (χ1n) is 11.7. The Morgan fingerprint density at radius 2 is 1.71 bits per heavy atom. The maximum Gasteiger partial charge on any atom is 0.174 e. The number of nitrogens with one attached hydrogen (secondary N) is 1. The highest BCUT2D eigenvalue weighted by atomic mass is 32.1. The molecule has 0 unspecified atom stereocenters. The monoisotopic (exact) mass is 484 g/mol. The van der Waals surface area contributed by atoms with Crippen molar-refractivity contribution >= 4 is 23.0 Å². The number of pyridine rings is 1. The normalized spacial score (nSPS) is 17.5. The van der Waals surface area contributed by atoms with Crippen LogP contribution in [0.2, 0.25) is 0 Å². The van der Waals surface area contributed by atoms with E-state index in [2.05, 4.69) is 39.7 Å². The minimum absolute atomic E-state index is 0.104. The van der Waals surface area contributed by atoms with Crippen LogP contribution in [-0.2, 0) is 0 Å². The number of aromatic hydroxyl groups is 1. The molecule has 7 heteroatoms. The van der Waals surface area contributed by atoms with E-state index in [1.54, 1.807) is 12.1 Å². The van der Waals surface area contributed by atoms with Crippen molar-refractivity contribution in [2.24, 2.45) is 0 Å². The van der Waals surface area contributed by atoms with E-state index >= 15 is 0 Å². The molecule has 1 aliphatic rings. The zero-order chi connectivity index (χ0) is 24.5. The number of benzene rings is 2. The first-order valence-corrected chi connectivity index (χ1v) is 12.1. The molecule has 178 valence electrons. The number of ether oxygens (including phenoxy) is 1. The second kappa shape index (κ2) is 9.43. The van der Waals surface area contributed by atoms with Crippen LogP contribution in [0.4, 0.5) is 5.69 Å². The average molecular weight is 485 g/mol. The zero-order valence-electron chi connectivity index (χ0n) is 20.0. The van der Waals surface area contributed by atoms with Crippen LogP contribution in [0.3, 0.4) is 0 Å². The summed E-state index contributed by atoms with van der Waals surface area (Å²) in [6.07, 6.45) is 1.82. The van der Waals surface area contributed by atoms with Crippen molar-refractivity contribution in [1.29, 1.82) is 0 Å². The predicted molar refractivity (Wildman–Crippen MR) is 142 cm³/mol. The van der Waals surface area contributed by atoms with Crippen molar-refractivity contribution in [3.8, 4) is 17.2 Å². The molecule has 2 atom stereocenters. The van der Waals surface area contributed by atoms with Crippen LogP contribution in [0.5, 0.6) is 11.5 Å². The van der Waals surface area contributed by atoms with E-state index in [-0.39, 0.29) is 17.8 Å². The number of nitrogens with zero attached hydrogens (tertiary/aromatic N) is 3. The lowest BCUT2D eigenvalue weighted by molar-refractivity contribution is 0.340. The zero-order valence-corrected chi connectivity index (χ0v) is 20.8. The van der Waals surface area contributed by atoms with Crippen LogP contribution in [0.1, 0.15) is 41.7 Å². The van der Waals surface area contributed by atoms with Gasteiger partial charge in [0.05, 0.1) is 24.4 Å². The molecule has 2 aromatic carbocycles. The SMILES string of the molecule is CCOc1ccc(N2C(=S)N[C@H](c3ccccn3)[C@@H]2c2cc(C)n(-c3ccc(O)cc3)c2C)cc1. The second-order valence-electron chi connectivity index (χ2n) is 8.60. The van der Waals surface area contributed by atoms with Crippen LogP contribution in [-0.4, -0.2) is 26.4 Å². The van der Waals surface area contributed by atoms with E-state index < -0.39 is 0 Å². The second-order valence-corrected chi connectivity index (χ2v) is 8.99. The van der Waals surface area contributed by atoms with Gasteiger partial charge in [0.2, 0.25) is 0 Å². The van der Waals surface area contributed by atoms with Gasteiger partial charge >= 0.3 is 0 Å². The fourth-order valence-corrected chi connectivity index (χ4v) is 5.25. The van der Waals surface area contributed by atoms with Crippen molar-refractivity contribution < 1.29 is 9.84 Å². The molecule has 6 nitrogen and oxygen atoms in total. The van der Waals surface area contributed by atoms with E-state index in [1.165, 1.54) is 0 Å². The van der Waals surface area contributed by atoms with Crippen LogP contribution in [0, 0.1) is 13.8 Å². The number of anilines is 1. The molecular weight excluding hydrogens is 456 g/mol. The molecule has 0 saturated carbocycles. The van der Waals surface area contributed by atoms with Crippen molar-refractivity contribution in [2.75, 3.05) is 11.5 Å². The molecule has 1 aliphatic heterocycles. The summed E-state index contributed by atoms with van der Waals surface area (Å²) in [6.45, 7) is 6.82. The van der Waals surface area contributed by atoms with Gasteiger partial charge in [-0.3, -0.25) is 4.98 Å². The van der Waals surface area contributed by atoms with Crippen LogP contribution in [0.15, 0.2) is 79.0 Å². The number of phenolic OH excluding ortho intramolecular Hbond substituents is 1. The van der Waals surface area contributed by atoms with Crippen molar-refractivity contribution in [1.82, 2.24) is 14.9 Å². The third-order valence-electron chi connectivity index (χ3n) is 6.42. The summed E-state index contributed by atoms with van der Waals surface area (Å²) in [5.41, 5.74) is 6.30. The summed E-state index contributed by atoms with van der Waals surface area (Å²) in [4.78, 5) is 6.83. The lowest BCUT2D eigenvalue weighted by atomic mass is 9.96. The Labute approximate surface area is 210 Å². The maximum atomic E-state index is 9.77. The van der Waals surface area contributed by atoms with Gasteiger partial charge in [-0.05, 0) is 105 Å². The van der Waals surface area contributed by atoms with Gasteiger partial charge in [-0.25, -0.2) is 0 Å². The Hall–Kier alpha value is -3.84. The van der Waals surface area contributed by atoms with Crippen molar-refractivity contribution in [3.05, 3.63) is 102 Å². The summed E-state index contributed by atoms with van der Waals surface area (Å²) >= 11 is 5.87. The Bertz CT molecular complexity index is 1330. The molecule has 5 rings (SSSR count). The average Bonchev–Trinajstić information content (AvgIpc) is 3.36. The topological polar surface area (TPSA) is 62.5 Å². The molecule has 35 heavy (non-hydrogen) atoms. The van der Waals surface area contributed by atoms with Gasteiger partial charge in [0.25, 0.3) is 0 Å². The van der Waals surface area contributed by atoms with E-state index in [0.717, 1.165) is 39.8 Å². The lowest BCUT2D eigenvalue weighted by Gasteiger charge is -2.28. The first-order chi connectivity index (χ1) is 17.0. The van der Waals surface area contributed by atoms with Crippen molar-refractivity contribution in [3.63, 3.8) is 0 Å². The molecular formula is C28H28N4O2S. The summed E-state index contributed by atoms with van der Waals surface area (Å²) in [7, 11) is 0. The smallest absolute Gasteiger partial charge is 0.174 e. The number of thiocarbonyl (C=S) groups is 1. The van der Waals surface area contributed by atoms with Gasteiger partial charge in [0, 0.05) is 29.0 Å². The molecule has 1 saturated heterocycles. The van der Waals surface area contributed by atoms with E-state index in [4.69, 9.17) is 17.0 Å². The quantitative estimate of drug-likeness (QED) is 0.339. The van der Waals surface area contributed by atoms with Gasteiger partial charge in [0.15, 0.2) is 5.11 Å². The van der Waals surface area contributed by atoms with Gasteiger partial charge in [-0.15, -0.1) is 0 Å². The Morgan fingerprint density at radius 1 is 1.00 bits per heavy atom. The first kappa shape index (κ1) is 22.9. The van der Waals surface area contributed by atoms with Crippen LogP contribution in [0.25, 0.3) is 5.69 Å². The van der Waals surface area contributed by atoms with E-state index in [9.17, 15) is 5.11 Å². The molecule has 0 aliphatic carbocycles. The Morgan fingerprint density at radius 3 is 2.37 bits per heavy atom. The highest BCUT2D eigenvalue weighted by Gasteiger charge is 2.42. The number of phenols is 1. The molecule has 2 aromatic heterocycles. The van der Waals surface area contributed by atoms with Crippen LogP contribution < -0.4 is 15.0 Å². The summed E-state index contributed by atoms with van der Waals surface area (Å²) in [6, 6.07) is 23.3. The molecule has 0 bridgehead atoms. The molecule has 4 aromatic rings. The molecule has 0 radical (unpaired) electrons. The minimum atomic E-state index is -0.121. The standard InChI is InChI=1S/C28H28N4O2S/c1-4-34-23-14-10-21(11-15-23)32-27(26(30-28(32)35)25-7-5-6-16-29-25)24-17-18(2)31(19(24)3)20-8-12-22(33)13-9-20/h5-17,26-27,33H,4H2,1-3H3,(H,30,35)/t26-,27+/m1/s1. The molecule has 0 spiro atoms. The minimum Gasteiger partial charge on any atom is -0.508 e. The summed E-state index contributed by atoms with van der Waals surface area (Å²) < 4.78 is 7.86. The van der Waals surface area contributed by atoms with Crippen molar-refractivity contribution in [2.45, 2.75) is 32.9 Å². The van der Waals surface area contributed by atoms with Gasteiger partial charge in [-0.1, -0.05) is 6.07 Å². The Kier molecular flexibility index (Phi) is 6.17. The predicted octanol–water partition coefficient (Wildman–Crippen LogP) is 5.77. The van der Waals surface area contributed by atoms with Gasteiger partial charge in [-0.2, -0.15) is 0 Å². The molecule has 1 fully saturated rings. The van der Waals surface area contributed by atoms with E-state index in [0.29, 0.717) is 11.7 Å². The highest BCUT2D eigenvalue weighted by Crippen LogP contribution is 2.44. The number of aromatic nitrogens is 2. The lowest BCUT2D eigenvalue weighted by Crippen LogP contribution is -2.29. The third-order valence-corrected chi connectivity index (χ3v) is 6.74. The summed E-state index contributed by atoms with van der Waals surface area (Å²) in [5.74, 6) is 1.08. The van der Waals surface area contributed by atoms with E-state index in [1.807, 2.05) is 67.7 Å². The van der Waals surface area contributed by atoms with Gasteiger partial charge < -0.3 is 24.6 Å². The molecule has 0 amide bonds. The number of hydrogen-bond acceptors (Lipinski definition) is 4. The fourth-order valence-electron chi connectivity index (χ4n) is 4.90. The third kappa shape index (κ3) is 4.23. The number of rotatable bonds is 6. The highest BCUT2D eigenvalue weighted by molar-refractivity contribution is 7.80. The van der Waals surface area contributed by atoms with Gasteiger partial charge in [0.1, 0.15) is 11.5 Å². The summed E-state index contributed by atoms with van der Waals surface area (Å²) in [5, 5.41) is 14.0. The Balaban J connectivity index is 1.63. The maximum absolute atomic E-state index is 9.77.